The van der Waals surface area contributed by atoms with Crippen molar-refractivity contribution >= 4 is 39.0 Å². The van der Waals surface area contributed by atoms with E-state index in [2.05, 4.69) is 26.6 Å². The van der Waals surface area contributed by atoms with E-state index in [1.807, 2.05) is 6.07 Å². The highest BCUT2D eigenvalue weighted by atomic mass is 79.9. The van der Waals surface area contributed by atoms with E-state index < -0.39 is 6.03 Å². The number of nitrogens with one attached hydrogen (secondary N) is 2. The van der Waals surface area contributed by atoms with E-state index in [0.717, 1.165) is 4.47 Å². The molecule has 20 heavy (non-hydrogen) atoms. The monoisotopic (exact) mass is 330 g/mol. The molecule has 0 spiro atoms. The molecule has 0 bridgehead atoms. The van der Waals surface area contributed by atoms with Crippen LogP contribution in [0.2, 0.25) is 0 Å². The summed E-state index contributed by atoms with van der Waals surface area (Å²) in [7, 11) is 0. The van der Waals surface area contributed by atoms with Gasteiger partial charge in [0.1, 0.15) is 6.07 Å². The number of nitrogen functional groups attached to an aromatic ring is 1. The molecule has 0 radical (unpaired) electrons. The number of anilines is 3. The van der Waals surface area contributed by atoms with Gasteiger partial charge in [-0.2, -0.15) is 5.26 Å². The maximum absolute atomic E-state index is 11.9. The Hall–Kier alpha value is -2.52. The SMILES string of the molecule is N#Cc1cc(Br)ccc1NC(=O)Nc1cccc(N)c1. The van der Waals surface area contributed by atoms with Gasteiger partial charge in [-0.3, -0.25) is 0 Å². The highest BCUT2D eigenvalue weighted by Gasteiger charge is 2.07. The first-order valence-electron chi connectivity index (χ1n) is 5.71. The van der Waals surface area contributed by atoms with Gasteiger partial charge in [-0.25, -0.2) is 4.79 Å². The largest absolute Gasteiger partial charge is 0.399 e. The quantitative estimate of drug-likeness (QED) is 0.735. The second-order valence-corrected chi connectivity index (χ2v) is 4.92. The van der Waals surface area contributed by atoms with Gasteiger partial charge < -0.3 is 16.4 Å². The average Bonchev–Trinajstić information content (AvgIpc) is 2.40. The number of hydrogen-bond donors (Lipinski definition) is 3. The molecule has 0 saturated heterocycles. The topological polar surface area (TPSA) is 90.9 Å². The van der Waals surface area contributed by atoms with E-state index in [4.69, 9.17) is 11.0 Å². The molecule has 2 rings (SSSR count). The Labute approximate surface area is 124 Å². The molecule has 2 amide bonds. The van der Waals surface area contributed by atoms with E-state index in [0.29, 0.717) is 22.6 Å². The zero-order valence-corrected chi connectivity index (χ0v) is 11.9. The maximum atomic E-state index is 11.9. The van der Waals surface area contributed by atoms with Crippen molar-refractivity contribution in [3.63, 3.8) is 0 Å². The molecule has 0 fully saturated rings. The molecular formula is C14H11BrN4O. The van der Waals surface area contributed by atoms with Gasteiger partial charge in [0.25, 0.3) is 0 Å². The lowest BCUT2D eigenvalue weighted by molar-refractivity contribution is 0.262. The molecular weight excluding hydrogens is 320 g/mol. The van der Waals surface area contributed by atoms with Gasteiger partial charge in [0, 0.05) is 15.8 Å². The fourth-order valence-corrected chi connectivity index (χ4v) is 1.98. The predicted octanol–water partition coefficient (Wildman–Crippen LogP) is 3.55. The summed E-state index contributed by atoms with van der Waals surface area (Å²) in [5.74, 6) is 0. The van der Waals surface area contributed by atoms with Crippen molar-refractivity contribution in [3.05, 3.63) is 52.5 Å². The summed E-state index contributed by atoms with van der Waals surface area (Å²) < 4.78 is 0.774. The van der Waals surface area contributed by atoms with Crippen molar-refractivity contribution in [1.29, 1.82) is 5.26 Å². The molecule has 0 unspecified atom stereocenters. The number of hydrogen-bond acceptors (Lipinski definition) is 3. The van der Waals surface area contributed by atoms with Crippen LogP contribution in [0.3, 0.4) is 0 Å². The summed E-state index contributed by atoms with van der Waals surface area (Å²) >= 11 is 3.27. The summed E-state index contributed by atoms with van der Waals surface area (Å²) in [4.78, 5) is 11.9. The second-order valence-electron chi connectivity index (χ2n) is 4.01. The Bertz CT molecular complexity index is 694. The Morgan fingerprint density at radius 1 is 1.20 bits per heavy atom. The van der Waals surface area contributed by atoms with Crippen molar-refractivity contribution in [2.24, 2.45) is 0 Å². The first kappa shape index (κ1) is 13.9. The molecule has 100 valence electrons. The third-order valence-corrected chi connectivity index (χ3v) is 2.99. The van der Waals surface area contributed by atoms with E-state index >= 15 is 0 Å². The van der Waals surface area contributed by atoms with Crippen LogP contribution < -0.4 is 16.4 Å². The molecule has 0 aliphatic heterocycles. The number of urea groups is 1. The third kappa shape index (κ3) is 3.49. The Balaban J connectivity index is 2.11. The van der Waals surface area contributed by atoms with Crippen LogP contribution in [0, 0.1) is 11.3 Å². The second kappa shape index (κ2) is 6.08. The summed E-state index contributed by atoms with van der Waals surface area (Å²) in [5, 5.41) is 14.3. The van der Waals surface area contributed by atoms with Gasteiger partial charge >= 0.3 is 6.03 Å². The highest BCUT2D eigenvalue weighted by molar-refractivity contribution is 9.10. The molecule has 0 saturated carbocycles. The predicted molar refractivity (Wildman–Crippen MR) is 82.4 cm³/mol. The zero-order chi connectivity index (χ0) is 14.5. The lowest BCUT2D eigenvalue weighted by atomic mass is 10.2. The number of amides is 2. The van der Waals surface area contributed by atoms with Crippen LogP contribution in [0.25, 0.3) is 0 Å². The maximum Gasteiger partial charge on any atom is 0.323 e. The van der Waals surface area contributed by atoms with E-state index in [9.17, 15) is 4.79 Å². The number of nitrogens with two attached hydrogens (primary N) is 1. The van der Waals surface area contributed by atoms with Crippen LogP contribution >= 0.6 is 15.9 Å². The summed E-state index contributed by atoms with van der Waals surface area (Å²) in [6.07, 6.45) is 0. The minimum atomic E-state index is -0.436. The number of carbonyl (C=O) groups excluding carboxylic acids is 1. The van der Waals surface area contributed by atoms with Crippen LogP contribution in [-0.4, -0.2) is 6.03 Å². The number of carbonyl (C=O) groups is 1. The zero-order valence-electron chi connectivity index (χ0n) is 10.4. The van der Waals surface area contributed by atoms with Crippen LogP contribution in [0.4, 0.5) is 21.9 Å². The normalized spacial score (nSPS) is 9.60. The van der Waals surface area contributed by atoms with Crippen LogP contribution in [0.5, 0.6) is 0 Å². The summed E-state index contributed by atoms with van der Waals surface area (Å²) in [6, 6.07) is 13.5. The number of nitrogens with zero attached hydrogens (tertiary/aromatic N) is 1. The molecule has 2 aromatic carbocycles. The van der Waals surface area contributed by atoms with Gasteiger partial charge in [-0.05, 0) is 36.4 Å². The smallest absolute Gasteiger partial charge is 0.323 e. The van der Waals surface area contributed by atoms with Crippen molar-refractivity contribution < 1.29 is 4.79 Å². The van der Waals surface area contributed by atoms with Gasteiger partial charge in [0.15, 0.2) is 0 Å². The highest BCUT2D eigenvalue weighted by Crippen LogP contribution is 2.20. The standard InChI is InChI=1S/C14H11BrN4O/c15-10-4-5-13(9(6-10)8-16)19-14(20)18-12-3-1-2-11(17)7-12/h1-7H,17H2,(H2,18,19,20). The fourth-order valence-electron chi connectivity index (χ4n) is 1.62. The van der Waals surface area contributed by atoms with Crippen molar-refractivity contribution in [1.82, 2.24) is 0 Å². The molecule has 6 heteroatoms. The first-order chi connectivity index (χ1) is 9.58. The van der Waals surface area contributed by atoms with Gasteiger partial charge in [-0.1, -0.05) is 22.0 Å². The van der Waals surface area contributed by atoms with Gasteiger partial charge in [0.05, 0.1) is 11.3 Å². The first-order valence-corrected chi connectivity index (χ1v) is 6.51. The minimum absolute atomic E-state index is 0.377. The molecule has 0 aliphatic carbocycles. The molecule has 0 atom stereocenters. The van der Waals surface area contributed by atoms with Crippen molar-refractivity contribution in [2.75, 3.05) is 16.4 Å². The molecule has 0 aliphatic rings. The van der Waals surface area contributed by atoms with Gasteiger partial charge in [0.2, 0.25) is 0 Å². The van der Waals surface area contributed by atoms with E-state index in [-0.39, 0.29) is 0 Å². The molecule has 0 aromatic heterocycles. The van der Waals surface area contributed by atoms with Crippen molar-refractivity contribution in [2.45, 2.75) is 0 Å². The van der Waals surface area contributed by atoms with E-state index in [1.165, 1.54) is 0 Å². The summed E-state index contributed by atoms with van der Waals surface area (Å²) in [5.41, 5.74) is 7.59. The Kier molecular flexibility index (Phi) is 4.23. The van der Waals surface area contributed by atoms with Crippen LogP contribution in [0.1, 0.15) is 5.56 Å². The lowest BCUT2D eigenvalue weighted by Gasteiger charge is -2.09. The average molecular weight is 331 g/mol. The Morgan fingerprint density at radius 2 is 2.00 bits per heavy atom. The number of halogens is 1. The number of benzene rings is 2. The number of nitriles is 1. The third-order valence-electron chi connectivity index (χ3n) is 2.49. The molecule has 5 nitrogen and oxygen atoms in total. The van der Waals surface area contributed by atoms with Gasteiger partial charge in [-0.15, -0.1) is 0 Å². The molecule has 0 heterocycles. The molecule has 4 N–H and O–H groups in total. The number of rotatable bonds is 2. The van der Waals surface area contributed by atoms with E-state index in [1.54, 1.807) is 42.5 Å². The Morgan fingerprint density at radius 3 is 2.70 bits per heavy atom. The van der Waals surface area contributed by atoms with Crippen LogP contribution in [-0.2, 0) is 0 Å². The fraction of sp³-hybridized carbons (Fsp3) is 0. The molecule has 2 aromatic rings. The summed E-state index contributed by atoms with van der Waals surface area (Å²) in [6.45, 7) is 0. The lowest BCUT2D eigenvalue weighted by Crippen LogP contribution is -2.20. The van der Waals surface area contributed by atoms with Crippen molar-refractivity contribution in [3.8, 4) is 6.07 Å². The van der Waals surface area contributed by atoms with Crippen LogP contribution in [0.15, 0.2) is 46.9 Å². The minimum Gasteiger partial charge on any atom is -0.399 e.